The fraction of sp³-hybridized carbons (Fsp3) is 0.862. The van der Waals surface area contributed by atoms with Crippen LogP contribution in [0.1, 0.15) is 96.3 Å². The summed E-state index contributed by atoms with van der Waals surface area (Å²) in [6.07, 6.45) is 16.1. The molecule has 4 aliphatic rings. The normalized spacial score (nSPS) is 27.2. The highest BCUT2D eigenvalue weighted by atomic mass is 16.2. The van der Waals surface area contributed by atoms with Gasteiger partial charge in [-0.1, -0.05) is 19.3 Å². The first kappa shape index (κ1) is 29.5. The lowest BCUT2D eigenvalue weighted by molar-refractivity contribution is 0.230. The standard InChI is InChI=1S/C29H52N8O2/c38-28(36-24-12-8-22(9-13-24)26-30-18-6-19-31-26)34-16-4-2-1-3-5-17-35-29(39)37-25-14-10-23(11-15-25)27-32-20-7-21-33-27/h22-25H,1-21H2,(H,30,31)(H,32,33)(H2,34,36,38)(H2,35,37,39). The molecular formula is C29H52N8O2. The summed E-state index contributed by atoms with van der Waals surface area (Å²) in [5.41, 5.74) is 0. The van der Waals surface area contributed by atoms with E-state index in [0.29, 0.717) is 24.9 Å². The molecule has 2 saturated carbocycles. The van der Waals surface area contributed by atoms with Gasteiger partial charge in [-0.3, -0.25) is 9.98 Å². The molecule has 4 amide bonds. The Hall–Kier alpha value is -2.52. The number of hydrogen-bond acceptors (Lipinski definition) is 6. The first-order valence-corrected chi connectivity index (χ1v) is 15.8. The SMILES string of the molecule is O=C(NCCCCCCCNC(=O)NC1CCC(C2=NCCCN2)CC1)NC1CCC(C2=NCCCN2)CC1. The average molecular weight is 545 g/mol. The van der Waals surface area contributed by atoms with Gasteiger partial charge in [-0.2, -0.15) is 0 Å². The fourth-order valence-electron chi connectivity index (χ4n) is 6.33. The molecule has 2 aliphatic heterocycles. The predicted octanol–water partition coefficient (Wildman–Crippen LogP) is 3.44. The average Bonchev–Trinajstić information content (AvgIpc) is 2.98. The molecule has 0 spiro atoms. The van der Waals surface area contributed by atoms with Crippen molar-refractivity contribution in [2.45, 2.75) is 108 Å². The van der Waals surface area contributed by atoms with E-state index in [4.69, 9.17) is 0 Å². The summed E-state index contributed by atoms with van der Waals surface area (Å²) in [5, 5.41) is 19.3. The molecule has 39 heavy (non-hydrogen) atoms. The van der Waals surface area contributed by atoms with E-state index in [2.05, 4.69) is 41.9 Å². The Labute approximate surface area is 234 Å². The summed E-state index contributed by atoms with van der Waals surface area (Å²) in [6.45, 7) is 5.43. The molecule has 10 nitrogen and oxygen atoms in total. The third-order valence-corrected chi connectivity index (χ3v) is 8.67. The van der Waals surface area contributed by atoms with E-state index in [1.807, 2.05) is 0 Å². The number of nitrogens with zero attached hydrogens (tertiary/aromatic N) is 2. The minimum atomic E-state index is -0.0327. The summed E-state index contributed by atoms with van der Waals surface area (Å²) < 4.78 is 0. The van der Waals surface area contributed by atoms with Crippen molar-refractivity contribution in [3.8, 4) is 0 Å². The highest BCUT2D eigenvalue weighted by Crippen LogP contribution is 2.26. The molecule has 0 atom stereocenters. The molecule has 220 valence electrons. The minimum absolute atomic E-state index is 0.0327. The Balaban J connectivity index is 0.927. The lowest BCUT2D eigenvalue weighted by Gasteiger charge is -2.31. The zero-order valence-electron chi connectivity index (χ0n) is 23.9. The molecule has 0 saturated heterocycles. The van der Waals surface area contributed by atoms with Crippen molar-refractivity contribution in [2.75, 3.05) is 39.3 Å². The van der Waals surface area contributed by atoms with Crippen molar-refractivity contribution in [3.63, 3.8) is 0 Å². The van der Waals surface area contributed by atoms with Crippen LogP contribution in [0.2, 0.25) is 0 Å². The summed E-state index contributed by atoms with van der Waals surface area (Å²) in [4.78, 5) is 33.8. The third-order valence-electron chi connectivity index (χ3n) is 8.67. The number of nitrogens with one attached hydrogen (secondary N) is 6. The van der Waals surface area contributed by atoms with Crippen LogP contribution >= 0.6 is 0 Å². The number of carbonyl (C=O) groups excluding carboxylic acids is 2. The molecule has 10 heteroatoms. The van der Waals surface area contributed by atoms with Gasteiger partial charge in [-0.05, 0) is 77.0 Å². The Kier molecular flexibility index (Phi) is 12.5. The number of urea groups is 2. The number of carbonyl (C=O) groups is 2. The number of amidine groups is 2. The van der Waals surface area contributed by atoms with Gasteiger partial charge in [0.1, 0.15) is 0 Å². The lowest BCUT2D eigenvalue weighted by atomic mass is 9.85. The van der Waals surface area contributed by atoms with Gasteiger partial charge < -0.3 is 31.9 Å². The van der Waals surface area contributed by atoms with Crippen molar-refractivity contribution in [1.29, 1.82) is 0 Å². The zero-order valence-corrected chi connectivity index (χ0v) is 23.9. The van der Waals surface area contributed by atoms with Crippen LogP contribution in [0.15, 0.2) is 9.98 Å². The predicted molar refractivity (Wildman–Crippen MR) is 157 cm³/mol. The van der Waals surface area contributed by atoms with E-state index in [0.717, 1.165) is 122 Å². The summed E-state index contributed by atoms with van der Waals surface area (Å²) in [6, 6.07) is 0.488. The number of amides is 4. The maximum atomic E-state index is 12.3. The van der Waals surface area contributed by atoms with Crippen molar-refractivity contribution in [2.24, 2.45) is 21.8 Å². The molecule has 6 N–H and O–H groups in total. The van der Waals surface area contributed by atoms with Crippen molar-refractivity contribution < 1.29 is 9.59 Å². The van der Waals surface area contributed by atoms with Crippen LogP contribution in [0.5, 0.6) is 0 Å². The summed E-state index contributed by atoms with van der Waals surface area (Å²) >= 11 is 0. The van der Waals surface area contributed by atoms with E-state index < -0.39 is 0 Å². The van der Waals surface area contributed by atoms with Gasteiger partial charge >= 0.3 is 12.1 Å². The highest BCUT2D eigenvalue weighted by molar-refractivity contribution is 5.85. The first-order valence-electron chi connectivity index (χ1n) is 15.8. The molecule has 0 bridgehead atoms. The Bertz CT molecular complexity index is 750. The molecule has 2 fully saturated rings. The Morgan fingerprint density at radius 1 is 0.615 bits per heavy atom. The number of aliphatic imine (C=N–C) groups is 2. The topological polar surface area (TPSA) is 131 Å². The smallest absolute Gasteiger partial charge is 0.315 e. The molecule has 0 aromatic carbocycles. The van der Waals surface area contributed by atoms with Crippen molar-refractivity contribution in [3.05, 3.63) is 0 Å². The molecule has 2 aliphatic carbocycles. The van der Waals surface area contributed by atoms with Crippen LogP contribution in [-0.2, 0) is 0 Å². The van der Waals surface area contributed by atoms with Crippen LogP contribution < -0.4 is 31.9 Å². The van der Waals surface area contributed by atoms with Crippen LogP contribution in [-0.4, -0.2) is 75.1 Å². The molecule has 0 aromatic rings. The first-order chi connectivity index (χ1) is 19.2. The Morgan fingerprint density at radius 2 is 1.03 bits per heavy atom. The fourth-order valence-corrected chi connectivity index (χ4v) is 6.33. The van der Waals surface area contributed by atoms with E-state index in [1.165, 1.54) is 11.7 Å². The van der Waals surface area contributed by atoms with Gasteiger partial charge in [0.2, 0.25) is 0 Å². The monoisotopic (exact) mass is 544 g/mol. The van der Waals surface area contributed by atoms with Gasteiger partial charge in [0, 0.05) is 63.2 Å². The highest BCUT2D eigenvalue weighted by Gasteiger charge is 2.27. The van der Waals surface area contributed by atoms with Gasteiger partial charge in [0.05, 0.1) is 11.7 Å². The van der Waals surface area contributed by atoms with Gasteiger partial charge in [-0.25, -0.2) is 9.59 Å². The van der Waals surface area contributed by atoms with Gasteiger partial charge in [-0.15, -0.1) is 0 Å². The second kappa shape index (κ2) is 16.6. The quantitative estimate of drug-likeness (QED) is 0.210. The maximum absolute atomic E-state index is 12.3. The zero-order chi connectivity index (χ0) is 27.1. The summed E-state index contributed by atoms with van der Waals surface area (Å²) in [5.74, 6) is 3.47. The second-order valence-electron chi connectivity index (χ2n) is 11.8. The van der Waals surface area contributed by atoms with Crippen LogP contribution in [0, 0.1) is 11.8 Å². The van der Waals surface area contributed by atoms with Gasteiger partial charge in [0.15, 0.2) is 0 Å². The molecule has 0 aromatic heterocycles. The maximum Gasteiger partial charge on any atom is 0.315 e. The van der Waals surface area contributed by atoms with Crippen molar-refractivity contribution >= 4 is 23.7 Å². The van der Waals surface area contributed by atoms with Crippen LogP contribution in [0.3, 0.4) is 0 Å². The molecule has 0 radical (unpaired) electrons. The third kappa shape index (κ3) is 10.5. The molecular weight excluding hydrogens is 492 g/mol. The largest absolute Gasteiger partial charge is 0.374 e. The van der Waals surface area contributed by atoms with E-state index >= 15 is 0 Å². The second-order valence-corrected chi connectivity index (χ2v) is 11.8. The minimum Gasteiger partial charge on any atom is -0.374 e. The van der Waals surface area contributed by atoms with E-state index in [1.54, 1.807) is 0 Å². The number of unbranched alkanes of at least 4 members (excludes halogenated alkanes) is 4. The Morgan fingerprint density at radius 3 is 1.41 bits per heavy atom. The molecule has 2 heterocycles. The molecule has 4 rings (SSSR count). The molecule has 0 unspecified atom stereocenters. The number of hydrogen-bond donors (Lipinski definition) is 6. The van der Waals surface area contributed by atoms with E-state index in [-0.39, 0.29) is 24.1 Å². The summed E-state index contributed by atoms with van der Waals surface area (Å²) in [7, 11) is 0. The van der Waals surface area contributed by atoms with Gasteiger partial charge in [0.25, 0.3) is 0 Å². The van der Waals surface area contributed by atoms with Crippen LogP contribution in [0.4, 0.5) is 9.59 Å². The van der Waals surface area contributed by atoms with E-state index in [9.17, 15) is 9.59 Å². The van der Waals surface area contributed by atoms with Crippen LogP contribution in [0.25, 0.3) is 0 Å². The van der Waals surface area contributed by atoms with Crippen molar-refractivity contribution in [1.82, 2.24) is 31.9 Å². The number of rotatable bonds is 12. The lowest BCUT2D eigenvalue weighted by Crippen LogP contribution is -2.45.